The first-order valence-electron chi connectivity index (χ1n) is 5.11. The van der Waals surface area contributed by atoms with Crippen LogP contribution in [0.4, 0.5) is 11.4 Å². The summed E-state index contributed by atoms with van der Waals surface area (Å²) in [5.74, 6) is -0.339. The third kappa shape index (κ3) is 2.57. The monoisotopic (exact) mass is 228 g/mol. The molecule has 2 aromatic rings. The molecule has 2 aromatic heterocycles. The highest BCUT2D eigenvalue weighted by atomic mass is 16.1. The van der Waals surface area contributed by atoms with E-state index in [2.05, 4.69) is 15.3 Å². The molecule has 0 unspecified atom stereocenters. The van der Waals surface area contributed by atoms with Gasteiger partial charge in [-0.3, -0.25) is 9.78 Å². The molecule has 0 saturated heterocycles. The molecule has 3 N–H and O–H groups in total. The first-order valence-corrected chi connectivity index (χ1v) is 5.11. The summed E-state index contributed by atoms with van der Waals surface area (Å²) in [6, 6.07) is 6.91. The highest BCUT2D eigenvalue weighted by molar-refractivity contribution is 6.06. The van der Waals surface area contributed by atoms with Gasteiger partial charge in [0.15, 0.2) is 5.69 Å². The third-order valence-corrected chi connectivity index (χ3v) is 2.22. The number of anilines is 2. The number of nitrogens with two attached hydrogens (primary N) is 1. The lowest BCUT2D eigenvalue weighted by Crippen LogP contribution is -2.15. The van der Waals surface area contributed by atoms with Crippen LogP contribution in [0.15, 0.2) is 36.7 Å². The Morgan fingerprint density at radius 1 is 1.29 bits per heavy atom. The summed E-state index contributed by atoms with van der Waals surface area (Å²) in [6.45, 7) is 1.88. The molecule has 0 spiro atoms. The van der Waals surface area contributed by atoms with Gasteiger partial charge >= 0.3 is 0 Å². The topological polar surface area (TPSA) is 80.9 Å². The highest BCUT2D eigenvalue weighted by Crippen LogP contribution is 2.11. The minimum absolute atomic E-state index is 0.216. The maximum absolute atomic E-state index is 11.8. The lowest BCUT2D eigenvalue weighted by molar-refractivity contribution is 0.102. The van der Waals surface area contributed by atoms with Crippen LogP contribution in [0, 0.1) is 6.92 Å². The van der Waals surface area contributed by atoms with E-state index in [1.54, 1.807) is 24.4 Å². The second-order valence-electron chi connectivity index (χ2n) is 3.58. The molecule has 2 heterocycles. The number of rotatable bonds is 2. The van der Waals surface area contributed by atoms with E-state index in [0.717, 1.165) is 5.69 Å². The van der Waals surface area contributed by atoms with Gasteiger partial charge in [-0.05, 0) is 31.2 Å². The minimum Gasteiger partial charge on any atom is -0.397 e. The van der Waals surface area contributed by atoms with Gasteiger partial charge in [-0.25, -0.2) is 4.98 Å². The van der Waals surface area contributed by atoms with E-state index >= 15 is 0 Å². The number of nitrogen functional groups attached to an aromatic ring is 1. The molecular weight excluding hydrogens is 216 g/mol. The standard InChI is InChI=1S/C12H12N4O/c1-8-4-5-9(7-15-8)16-12(17)11-10(13)3-2-6-14-11/h2-7H,13H2,1H3,(H,16,17). The van der Waals surface area contributed by atoms with Crippen molar-refractivity contribution in [1.29, 1.82) is 0 Å². The summed E-state index contributed by atoms with van der Waals surface area (Å²) in [4.78, 5) is 19.9. The number of carbonyl (C=O) groups excluding carboxylic acids is 1. The molecule has 17 heavy (non-hydrogen) atoms. The van der Waals surface area contributed by atoms with Crippen molar-refractivity contribution in [3.05, 3.63) is 48.0 Å². The zero-order valence-electron chi connectivity index (χ0n) is 9.34. The van der Waals surface area contributed by atoms with Crippen LogP contribution in [0.5, 0.6) is 0 Å². The molecular formula is C12H12N4O. The summed E-state index contributed by atoms with van der Waals surface area (Å²) >= 11 is 0. The lowest BCUT2D eigenvalue weighted by Gasteiger charge is -2.06. The largest absolute Gasteiger partial charge is 0.397 e. The predicted molar refractivity (Wildman–Crippen MR) is 65.6 cm³/mol. The number of aromatic nitrogens is 2. The van der Waals surface area contributed by atoms with Crippen molar-refractivity contribution >= 4 is 17.3 Å². The summed E-state index contributed by atoms with van der Waals surface area (Å²) in [5.41, 5.74) is 7.73. The minimum atomic E-state index is -0.339. The molecule has 0 atom stereocenters. The number of nitrogens with zero attached hydrogens (tertiary/aromatic N) is 2. The number of hydrogen-bond donors (Lipinski definition) is 2. The fourth-order valence-electron chi connectivity index (χ4n) is 1.34. The molecule has 5 heteroatoms. The number of hydrogen-bond acceptors (Lipinski definition) is 4. The van der Waals surface area contributed by atoms with Gasteiger partial charge in [0.1, 0.15) is 0 Å². The quantitative estimate of drug-likeness (QED) is 0.818. The second kappa shape index (κ2) is 4.61. The Morgan fingerprint density at radius 3 is 2.76 bits per heavy atom. The van der Waals surface area contributed by atoms with E-state index in [0.29, 0.717) is 11.4 Å². The van der Waals surface area contributed by atoms with Crippen LogP contribution in [0.25, 0.3) is 0 Å². The zero-order valence-corrected chi connectivity index (χ0v) is 9.34. The van der Waals surface area contributed by atoms with Crippen molar-refractivity contribution in [2.45, 2.75) is 6.92 Å². The number of aryl methyl sites for hydroxylation is 1. The van der Waals surface area contributed by atoms with Crippen LogP contribution in [-0.4, -0.2) is 15.9 Å². The normalized spacial score (nSPS) is 9.94. The predicted octanol–water partition coefficient (Wildman–Crippen LogP) is 1.62. The van der Waals surface area contributed by atoms with Gasteiger partial charge in [0.25, 0.3) is 5.91 Å². The second-order valence-corrected chi connectivity index (χ2v) is 3.58. The van der Waals surface area contributed by atoms with E-state index in [4.69, 9.17) is 5.73 Å². The number of carbonyl (C=O) groups is 1. The molecule has 0 aliphatic carbocycles. The van der Waals surface area contributed by atoms with Crippen LogP contribution in [0.1, 0.15) is 16.2 Å². The molecule has 0 radical (unpaired) electrons. The molecule has 0 aliphatic rings. The molecule has 0 bridgehead atoms. The summed E-state index contributed by atoms with van der Waals surface area (Å²) in [5, 5.41) is 2.68. The first kappa shape index (κ1) is 11.1. The summed E-state index contributed by atoms with van der Waals surface area (Å²) in [7, 11) is 0. The van der Waals surface area contributed by atoms with Gasteiger partial charge in [0, 0.05) is 11.9 Å². The molecule has 0 fully saturated rings. The van der Waals surface area contributed by atoms with Gasteiger partial charge in [0.2, 0.25) is 0 Å². The average molecular weight is 228 g/mol. The Labute approximate surface area is 98.7 Å². The molecule has 2 rings (SSSR count). The molecule has 0 aliphatic heterocycles. The Balaban J connectivity index is 2.17. The van der Waals surface area contributed by atoms with Crippen molar-refractivity contribution in [2.75, 3.05) is 11.1 Å². The van der Waals surface area contributed by atoms with E-state index in [9.17, 15) is 4.79 Å². The van der Waals surface area contributed by atoms with Crippen molar-refractivity contribution in [1.82, 2.24) is 9.97 Å². The highest BCUT2D eigenvalue weighted by Gasteiger charge is 2.10. The maximum atomic E-state index is 11.8. The van der Waals surface area contributed by atoms with E-state index in [1.807, 2.05) is 13.0 Å². The Kier molecular flexibility index (Phi) is 3.00. The SMILES string of the molecule is Cc1ccc(NC(=O)c2ncccc2N)cn1. The summed E-state index contributed by atoms with van der Waals surface area (Å²) < 4.78 is 0. The average Bonchev–Trinajstić information content (AvgIpc) is 2.32. The summed E-state index contributed by atoms with van der Waals surface area (Å²) in [6.07, 6.45) is 3.12. The first-order chi connectivity index (χ1) is 8.16. The van der Waals surface area contributed by atoms with Crippen LogP contribution < -0.4 is 11.1 Å². The van der Waals surface area contributed by atoms with Crippen LogP contribution in [0.2, 0.25) is 0 Å². The Bertz CT molecular complexity index is 536. The number of pyridine rings is 2. The Hall–Kier alpha value is -2.43. The lowest BCUT2D eigenvalue weighted by atomic mass is 10.2. The fraction of sp³-hybridized carbons (Fsp3) is 0.0833. The fourth-order valence-corrected chi connectivity index (χ4v) is 1.34. The maximum Gasteiger partial charge on any atom is 0.276 e. The van der Waals surface area contributed by atoms with Gasteiger partial charge in [-0.1, -0.05) is 0 Å². The van der Waals surface area contributed by atoms with E-state index in [-0.39, 0.29) is 11.6 Å². The van der Waals surface area contributed by atoms with Crippen molar-refractivity contribution in [2.24, 2.45) is 0 Å². The molecule has 86 valence electrons. The smallest absolute Gasteiger partial charge is 0.276 e. The third-order valence-electron chi connectivity index (χ3n) is 2.22. The van der Waals surface area contributed by atoms with E-state index < -0.39 is 0 Å². The Morgan fingerprint density at radius 2 is 2.12 bits per heavy atom. The molecule has 0 aromatic carbocycles. The van der Waals surface area contributed by atoms with Gasteiger partial charge in [-0.2, -0.15) is 0 Å². The van der Waals surface area contributed by atoms with Gasteiger partial charge in [0.05, 0.1) is 17.6 Å². The van der Waals surface area contributed by atoms with Gasteiger partial charge in [-0.15, -0.1) is 0 Å². The van der Waals surface area contributed by atoms with Gasteiger partial charge < -0.3 is 11.1 Å². The van der Waals surface area contributed by atoms with Crippen molar-refractivity contribution in [3.63, 3.8) is 0 Å². The van der Waals surface area contributed by atoms with Crippen molar-refractivity contribution < 1.29 is 4.79 Å². The molecule has 0 saturated carbocycles. The van der Waals surface area contributed by atoms with Crippen LogP contribution in [0.3, 0.4) is 0 Å². The number of nitrogens with one attached hydrogen (secondary N) is 1. The van der Waals surface area contributed by atoms with Crippen LogP contribution in [-0.2, 0) is 0 Å². The van der Waals surface area contributed by atoms with E-state index in [1.165, 1.54) is 6.20 Å². The molecule has 5 nitrogen and oxygen atoms in total. The van der Waals surface area contributed by atoms with Crippen molar-refractivity contribution in [3.8, 4) is 0 Å². The van der Waals surface area contributed by atoms with Crippen LogP contribution >= 0.6 is 0 Å². The number of amides is 1. The molecule has 1 amide bonds. The zero-order chi connectivity index (χ0) is 12.3.